The smallest absolute Gasteiger partial charge is 0.367 e. The Balaban J connectivity index is 2.33. The third kappa shape index (κ3) is 5.47. The summed E-state index contributed by atoms with van der Waals surface area (Å²) in [6, 6.07) is 6.17. The number of carbonyl (C=O) groups is 3. The highest BCUT2D eigenvalue weighted by molar-refractivity contribution is 8.13. The molecule has 1 aromatic rings. The molecule has 0 saturated carbocycles. The number of carboxylic acid groups (broad SMARTS) is 1. The zero-order valence-electron chi connectivity index (χ0n) is 14.9. The lowest BCUT2D eigenvalue weighted by molar-refractivity contribution is -0.147. The molecule has 1 fully saturated rings. The zero-order chi connectivity index (χ0) is 20.0. The maximum atomic E-state index is 12.5. The molecule has 0 aliphatic carbocycles. The fourth-order valence-electron chi connectivity index (χ4n) is 2.98. The minimum absolute atomic E-state index is 0.186. The molecule has 0 spiro atoms. The number of halogens is 1. The molecular formula is C18H20ClNO6S. The predicted octanol–water partition coefficient (Wildman–Crippen LogP) is 3.14. The van der Waals surface area contributed by atoms with Crippen LogP contribution in [0.3, 0.4) is 0 Å². The molecule has 0 bridgehead atoms. The van der Waals surface area contributed by atoms with Crippen molar-refractivity contribution < 1.29 is 29.0 Å². The summed E-state index contributed by atoms with van der Waals surface area (Å²) in [7, 11) is 2.57. The monoisotopic (exact) mass is 413 g/mol. The number of esters is 1. The van der Waals surface area contributed by atoms with Crippen molar-refractivity contribution in [3.8, 4) is 0 Å². The molecule has 1 aliphatic rings. The second-order valence-electron chi connectivity index (χ2n) is 5.82. The van der Waals surface area contributed by atoms with Gasteiger partial charge in [-0.1, -0.05) is 29.8 Å². The molecule has 0 radical (unpaired) electrons. The lowest BCUT2D eigenvalue weighted by Gasteiger charge is -2.37. The van der Waals surface area contributed by atoms with Gasteiger partial charge in [-0.15, -0.1) is 0 Å². The first-order valence-corrected chi connectivity index (χ1v) is 9.37. The first-order valence-electron chi connectivity index (χ1n) is 8.11. The maximum Gasteiger partial charge on any atom is 0.367 e. The number of piperidine rings is 1. The lowest BCUT2D eigenvalue weighted by Crippen LogP contribution is -2.43. The number of methoxy groups -OCH3 is 2. The first-order chi connectivity index (χ1) is 12.9. The van der Waals surface area contributed by atoms with E-state index in [-0.39, 0.29) is 11.8 Å². The summed E-state index contributed by atoms with van der Waals surface area (Å²) in [6.07, 6.45) is 1.55. The predicted molar refractivity (Wildman–Crippen MR) is 102 cm³/mol. The number of thioether (sulfide) groups is 1. The highest BCUT2D eigenvalue weighted by Gasteiger charge is 2.36. The normalized spacial score (nSPS) is 20.1. The van der Waals surface area contributed by atoms with Gasteiger partial charge in [0.15, 0.2) is 0 Å². The van der Waals surface area contributed by atoms with Crippen molar-refractivity contribution in [2.45, 2.75) is 17.7 Å². The average molecular weight is 414 g/mol. The summed E-state index contributed by atoms with van der Waals surface area (Å²) in [6.45, 7) is 0.641. The second-order valence-corrected chi connectivity index (χ2v) is 7.37. The fraction of sp³-hybridized carbons (Fsp3) is 0.389. The Bertz CT molecular complexity index is 753. The molecule has 2 rings (SSSR count). The van der Waals surface area contributed by atoms with E-state index >= 15 is 0 Å². The minimum Gasteiger partial charge on any atom is -0.478 e. The van der Waals surface area contributed by atoms with Crippen molar-refractivity contribution in [2.24, 2.45) is 0 Å². The molecule has 1 N–H and O–H groups in total. The van der Waals surface area contributed by atoms with E-state index in [1.807, 2.05) is 0 Å². The molecule has 1 aliphatic heterocycles. The van der Waals surface area contributed by atoms with Crippen LogP contribution in [-0.4, -0.2) is 59.8 Å². The Kier molecular flexibility index (Phi) is 7.70. The van der Waals surface area contributed by atoms with Gasteiger partial charge >= 0.3 is 17.2 Å². The molecule has 146 valence electrons. The molecular weight excluding hydrogens is 394 g/mol. The summed E-state index contributed by atoms with van der Waals surface area (Å²) < 4.78 is 9.61. The maximum absolute atomic E-state index is 12.5. The van der Waals surface area contributed by atoms with Crippen molar-refractivity contribution in [1.29, 1.82) is 0 Å². The van der Waals surface area contributed by atoms with Crippen molar-refractivity contribution in [3.63, 3.8) is 0 Å². The van der Waals surface area contributed by atoms with Crippen molar-refractivity contribution >= 4 is 40.6 Å². The molecule has 9 heteroatoms. The van der Waals surface area contributed by atoms with Crippen LogP contribution in [0, 0.1) is 0 Å². The molecule has 1 saturated heterocycles. The number of likely N-dealkylation sites (tertiary alicyclic amines) is 1. The molecule has 27 heavy (non-hydrogen) atoms. The van der Waals surface area contributed by atoms with Gasteiger partial charge < -0.3 is 14.6 Å². The fourth-order valence-corrected chi connectivity index (χ4v) is 4.07. The van der Waals surface area contributed by atoms with Gasteiger partial charge in [-0.05, 0) is 35.4 Å². The Morgan fingerprint density at radius 1 is 1.30 bits per heavy atom. The van der Waals surface area contributed by atoms with Gasteiger partial charge in [0.2, 0.25) is 0 Å². The highest BCUT2D eigenvalue weighted by atomic mass is 35.5. The second kappa shape index (κ2) is 9.77. The number of ether oxygens (including phenoxy) is 2. The van der Waals surface area contributed by atoms with Crippen molar-refractivity contribution in [3.05, 3.63) is 46.5 Å². The van der Waals surface area contributed by atoms with Gasteiger partial charge in [0.05, 0.1) is 14.2 Å². The van der Waals surface area contributed by atoms with Crippen molar-refractivity contribution in [2.75, 3.05) is 27.3 Å². The standard InChI is InChI=1S/C18H20ClNO6S/c1-25-17(23)16(12-5-3-4-6-13(12)19)20-8-7-14(27-18(24)26-2)11(10-20)9-15(21)22/h3-6,9,14,16H,7-8,10H2,1-2H3,(H,21,22)/b11-9+/t14?,16-/m0/s1. The first kappa shape index (κ1) is 21.3. The highest BCUT2D eigenvalue weighted by Crippen LogP contribution is 2.35. The summed E-state index contributed by atoms with van der Waals surface area (Å²) in [5, 5.41) is 8.78. The Morgan fingerprint density at radius 3 is 2.59 bits per heavy atom. The van der Waals surface area contributed by atoms with E-state index in [0.29, 0.717) is 29.1 Å². The Morgan fingerprint density at radius 2 is 2.00 bits per heavy atom. The number of carbonyl (C=O) groups excluding carboxylic acids is 2. The Hall–Kier alpha value is -2.03. The molecule has 1 unspecified atom stereocenters. The van der Waals surface area contributed by atoms with E-state index in [0.717, 1.165) is 17.8 Å². The van der Waals surface area contributed by atoms with Crippen LogP contribution in [0.4, 0.5) is 4.79 Å². The van der Waals surface area contributed by atoms with Gasteiger partial charge in [-0.3, -0.25) is 4.90 Å². The summed E-state index contributed by atoms with van der Waals surface area (Å²) in [5.74, 6) is -1.61. The number of rotatable bonds is 5. The van der Waals surface area contributed by atoms with Gasteiger partial charge in [0.25, 0.3) is 0 Å². The largest absolute Gasteiger partial charge is 0.478 e. The molecule has 0 amide bonds. The quantitative estimate of drug-likeness (QED) is 0.581. The summed E-state index contributed by atoms with van der Waals surface area (Å²) >= 11 is 7.20. The SMILES string of the molecule is COC(=O)SC1CCN([C@H](C(=O)OC)c2ccccc2Cl)C/C1=C\C(=O)O. The van der Waals surface area contributed by atoms with Gasteiger partial charge in [-0.2, -0.15) is 0 Å². The molecule has 1 aromatic carbocycles. The summed E-state index contributed by atoms with van der Waals surface area (Å²) in [4.78, 5) is 37.1. The number of hydrogen-bond acceptors (Lipinski definition) is 7. The van der Waals surface area contributed by atoms with Crippen LogP contribution in [0.15, 0.2) is 35.9 Å². The lowest BCUT2D eigenvalue weighted by atomic mass is 9.98. The third-order valence-corrected chi connectivity index (χ3v) is 5.71. The number of hydrogen-bond donors (Lipinski definition) is 1. The van der Waals surface area contributed by atoms with Crippen LogP contribution in [0.1, 0.15) is 18.0 Å². The van der Waals surface area contributed by atoms with Crippen LogP contribution in [0.2, 0.25) is 5.02 Å². The van der Waals surface area contributed by atoms with Crippen LogP contribution in [0.25, 0.3) is 0 Å². The van der Waals surface area contributed by atoms with E-state index < -0.39 is 23.3 Å². The molecule has 1 heterocycles. The number of benzene rings is 1. The number of carboxylic acids is 1. The van der Waals surface area contributed by atoms with Crippen LogP contribution in [0.5, 0.6) is 0 Å². The van der Waals surface area contributed by atoms with Crippen LogP contribution >= 0.6 is 23.4 Å². The van der Waals surface area contributed by atoms with Crippen LogP contribution in [-0.2, 0) is 19.1 Å². The van der Waals surface area contributed by atoms with Crippen molar-refractivity contribution in [1.82, 2.24) is 4.90 Å². The number of aliphatic carboxylic acids is 1. The third-order valence-electron chi connectivity index (χ3n) is 4.18. The number of nitrogens with zero attached hydrogens (tertiary/aromatic N) is 1. The summed E-state index contributed by atoms with van der Waals surface area (Å²) in [5.41, 5.74) is 1.10. The van der Waals surface area contributed by atoms with Gasteiger partial charge in [0, 0.05) is 29.4 Å². The molecule has 2 atom stereocenters. The van der Waals surface area contributed by atoms with E-state index in [2.05, 4.69) is 4.74 Å². The van der Waals surface area contributed by atoms with E-state index in [1.54, 1.807) is 29.2 Å². The molecule has 7 nitrogen and oxygen atoms in total. The Labute approximate surface area is 166 Å². The van der Waals surface area contributed by atoms with Crippen LogP contribution < -0.4 is 0 Å². The zero-order valence-corrected chi connectivity index (χ0v) is 16.5. The van der Waals surface area contributed by atoms with E-state index in [9.17, 15) is 19.5 Å². The minimum atomic E-state index is -1.12. The average Bonchev–Trinajstić information content (AvgIpc) is 2.64. The van der Waals surface area contributed by atoms with E-state index in [1.165, 1.54) is 14.2 Å². The molecule has 0 aromatic heterocycles. The van der Waals surface area contributed by atoms with E-state index in [4.69, 9.17) is 16.3 Å². The van der Waals surface area contributed by atoms with Gasteiger partial charge in [-0.25, -0.2) is 14.4 Å². The topological polar surface area (TPSA) is 93.1 Å². The van der Waals surface area contributed by atoms with Gasteiger partial charge in [0.1, 0.15) is 6.04 Å².